The molecule has 2 amide bonds. The van der Waals surface area contributed by atoms with Gasteiger partial charge in [-0.2, -0.15) is 5.06 Å². The van der Waals surface area contributed by atoms with Crippen molar-refractivity contribution in [2.24, 2.45) is 0 Å². The Bertz CT molecular complexity index is 529. The van der Waals surface area contributed by atoms with E-state index in [0.717, 1.165) is 11.1 Å². The van der Waals surface area contributed by atoms with Crippen molar-refractivity contribution in [3.8, 4) is 0 Å². The van der Waals surface area contributed by atoms with Crippen LogP contribution in [0.25, 0.3) is 5.57 Å². The number of fused-ring (bicyclic) bond motifs is 2. The zero-order chi connectivity index (χ0) is 13.2. The summed E-state index contributed by atoms with van der Waals surface area (Å²) in [5.74, 6) is 0. The highest BCUT2D eigenvalue weighted by molar-refractivity contribution is 5.84. The molecular weight excluding hydrogens is 244 g/mol. The number of hydrogen-bond acceptors (Lipinski definition) is 4. The third-order valence-electron chi connectivity index (χ3n) is 3.25. The van der Waals surface area contributed by atoms with E-state index in [0.29, 0.717) is 19.7 Å². The largest absolute Gasteiger partial charge is 0.344 e. The molecule has 0 aromatic carbocycles. The fourth-order valence-electron chi connectivity index (χ4n) is 2.39. The van der Waals surface area contributed by atoms with Gasteiger partial charge in [-0.15, -0.1) is 6.58 Å². The first-order valence-corrected chi connectivity index (χ1v) is 6.08. The number of urea groups is 1. The average Bonchev–Trinajstić information content (AvgIpc) is 2.70. The molecule has 1 fully saturated rings. The van der Waals surface area contributed by atoms with Crippen LogP contribution in [-0.4, -0.2) is 51.7 Å². The van der Waals surface area contributed by atoms with Gasteiger partial charge in [-0.05, 0) is 5.57 Å². The number of nitrogens with zero attached hydrogens (tertiary/aromatic N) is 4. The Balaban J connectivity index is 1.89. The Morgan fingerprint density at radius 3 is 3.00 bits per heavy atom. The van der Waals surface area contributed by atoms with Crippen molar-refractivity contribution in [1.82, 2.24) is 19.9 Å². The number of carbonyl (C=O) groups excluding carboxylic acids is 1. The van der Waals surface area contributed by atoms with Gasteiger partial charge in [0.05, 0.1) is 13.2 Å². The maximum absolute atomic E-state index is 12.1. The summed E-state index contributed by atoms with van der Waals surface area (Å²) >= 11 is 0. The summed E-state index contributed by atoms with van der Waals surface area (Å²) in [4.78, 5) is 27.4. The molecular formula is C13H14N4O2. The number of hydroxylamine groups is 2. The summed E-state index contributed by atoms with van der Waals surface area (Å²) in [6.07, 6.45) is 8.65. The zero-order valence-corrected chi connectivity index (χ0v) is 10.4. The minimum absolute atomic E-state index is 0.102. The smallest absolute Gasteiger partial charge is 0.317 e. The summed E-state index contributed by atoms with van der Waals surface area (Å²) in [6, 6.07) is -0.206. The first-order valence-electron chi connectivity index (χ1n) is 6.08. The molecule has 1 unspecified atom stereocenters. The summed E-state index contributed by atoms with van der Waals surface area (Å²) in [7, 11) is 0. The van der Waals surface area contributed by atoms with Crippen LogP contribution in [0.1, 0.15) is 5.56 Å². The van der Waals surface area contributed by atoms with Gasteiger partial charge in [0.25, 0.3) is 0 Å². The molecule has 1 saturated heterocycles. The van der Waals surface area contributed by atoms with Crippen molar-refractivity contribution in [1.29, 1.82) is 0 Å². The molecule has 2 aliphatic heterocycles. The topological polar surface area (TPSA) is 58.6 Å². The molecule has 0 radical (unpaired) electrons. The zero-order valence-electron chi connectivity index (χ0n) is 10.4. The Kier molecular flexibility index (Phi) is 3.00. The second kappa shape index (κ2) is 4.81. The first-order chi connectivity index (χ1) is 9.31. The molecule has 2 aliphatic rings. The molecule has 6 nitrogen and oxygen atoms in total. The van der Waals surface area contributed by atoms with Gasteiger partial charge in [-0.3, -0.25) is 4.84 Å². The van der Waals surface area contributed by atoms with Crippen LogP contribution in [-0.2, 0) is 4.84 Å². The van der Waals surface area contributed by atoms with E-state index in [4.69, 9.17) is 4.84 Å². The van der Waals surface area contributed by atoms with Crippen molar-refractivity contribution in [2.45, 2.75) is 6.04 Å². The number of aromatic nitrogens is 2. The van der Waals surface area contributed by atoms with E-state index in [9.17, 15) is 4.79 Å². The van der Waals surface area contributed by atoms with E-state index in [2.05, 4.69) is 16.5 Å². The lowest BCUT2D eigenvalue weighted by Crippen LogP contribution is -2.34. The molecule has 1 atom stereocenters. The number of rotatable bonds is 4. The minimum atomic E-state index is -0.104. The van der Waals surface area contributed by atoms with E-state index >= 15 is 0 Å². The van der Waals surface area contributed by atoms with Gasteiger partial charge in [0.1, 0.15) is 12.4 Å². The molecule has 3 heterocycles. The maximum atomic E-state index is 12.1. The van der Waals surface area contributed by atoms with Crippen molar-refractivity contribution in [3.05, 3.63) is 43.0 Å². The fraction of sp³-hybridized carbons (Fsp3) is 0.308. The van der Waals surface area contributed by atoms with Crippen LogP contribution >= 0.6 is 0 Å². The quantitative estimate of drug-likeness (QED) is 0.759. The molecule has 0 aliphatic carbocycles. The lowest BCUT2D eigenvalue weighted by Gasteiger charge is -2.24. The monoisotopic (exact) mass is 258 g/mol. The van der Waals surface area contributed by atoms with Gasteiger partial charge < -0.3 is 4.90 Å². The van der Waals surface area contributed by atoms with E-state index in [1.165, 1.54) is 11.4 Å². The van der Waals surface area contributed by atoms with Crippen LogP contribution < -0.4 is 0 Å². The number of hydrogen-bond donors (Lipinski definition) is 0. The van der Waals surface area contributed by atoms with Crippen LogP contribution in [0.15, 0.2) is 37.5 Å². The summed E-state index contributed by atoms with van der Waals surface area (Å²) < 4.78 is 0. The van der Waals surface area contributed by atoms with Gasteiger partial charge in [0, 0.05) is 24.5 Å². The van der Waals surface area contributed by atoms with E-state index in [1.54, 1.807) is 23.4 Å². The molecule has 6 heteroatoms. The Morgan fingerprint density at radius 2 is 2.26 bits per heavy atom. The van der Waals surface area contributed by atoms with E-state index < -0.39 is 0 Å². The standard InChI is InChI=1S/C13H14N4O2/c1-2-5-19-17-12-8-16(13(17)18)4-3-11(12)10-6-14-9-15-7-10/h2-3,6-7,9,12H,1,4-5,8H2. The third kappa shape index (κ3) is 2.00. The van der Waals surface area contributed by atoms with Gasteiger partial charge in [-0.1, -0.05) is 12.2 Å². The van der Waals surface area contributed by atoms with Crippen LogP contribution in [0.3, 0.4) is 0 Å². The lowest BCUT2D eigenvalue weighted by atomic mass is 9.99. The third-order valence-corrected chi connectivity index (χ3v) is 3.25. The van der Waals surface area contributed by atoms with Crippen LogP contribution in [0, 0.1) is 0 Å². The highest BCUT2D eigenvalue weighted by Gasteiger charge is 2.43. The van der Waals surface area contributed by atoms with Gasteiger partial charge in [0.15, 0.2) is 0 Å². The summed E-state index contributed by atoms with van der Waals surface area (Å²) in [5.41, 5.74) is 1.96. The normalized spacial score (nSPS) is 21.6. The second-order valence-electron chi connectivity index (χ2n) is 4.40. The highest BCUT2D eigenvalue weighted by Crippen LogP contribution is 2.32. The molecule has 3 rings (SSSR count). The minimum Gasteiger partial charge on any atom is -0.317 e. The summed E-state index contributed by atoms with van der Waals surface area (Å²) in [6.45, 7) is 5.14. The van der Waals surface area contributed by atoms with Crippen LogP contribution in [0.5, 0.6) is 0 Å². The molecule has 98 valence electrons. The van der Waals surface area contributed by atoms with Crippen LogP contribution in [0.2, 0.25) is 0 Å². The lowest BCUT2D eigenvalue weighted by molar-refractivity contribution is -0.105. The number of amides is 2. The molecule has 19 heavy (non-hydrogen) atoms. The molecule has 0 N–H and O–H groups in total. The Morgan fingerprint density at radius 1 is 1.47 bits per heavy atom. The van der Waals surface area contributed by atoms with Gasteiger partial charge in [-0.25, -0.2) is 14.8 Å². The number of carbonyl (C=O) groups is 1. The van der Waals surface area contributed by atoms with Gasteiger partial charge >= 0.3 is 6.03 Å². The molecule has 1 aromatic rings. The molecule has 0 saturated carbocycles. The predicted molar refractivity (Wildman–Crippen MR) is 68.8 cm³/mol. The van der Waals surface area contributed by atoms with Crippen LogP contribution in [0.4, 0.5) is 4.79 Å². The van der Waals surface area contributed by atoms with Crippen molar-refractivity contribution in [2.75, 3.05) is 19.7 Å². The van der Waals surface area contributed by atoms with E-state index in [-0.39, 0.29) is 12.1 Å². The highest BCUT2D eigenvalue weighted by atomic mass is 16.7. The molecule has 2 bridgehead atoms. The Labute approximate surface area is 111 Å². The SMILES string of the molecule is C=CCON1C(=O)N2CC=C(c3cncnc3)C1C2. The molecule has 0 spiro atoms. The predicted octanol–water partition coefficient (Wildman–Crippen LogP) is 1.10. The molecule has 1 aromatic heterocycles. The fourth-order valence-corrected chi connectivity index (χ4v) is 2.39. The van der Waals surface area contributed by atoms with Gasteiger partial charge in [0.2, 0.25) is 0 Å². The maximum Gasteiger partial charge on any atom is 0.344 e. The van der Waals surface area contributed by atoms with Crippen molar-refractivity contribution in [3.63, 3.8) is 0 Å². The van der Waals surface area contributed by atoms with Crippen molar-refractivity contribution >= 4 is 11.6 Å². The second-order valence-corrected chi connectivity index (χ2v) is 4.40. The first kappa shape index (κ1) is 11.9. The van der Waals surface area contributed by atoms with E-state index in [1.807, 2.05) is 6.08 Å². The van der Waals surface area contributed by atoms with Crippen molar-refractivity contribution < 1.29 is 9.63 Å². The Hall–Kier alpha value is -2.21. The average molecular weight is 258 g/mol. The summed E-state index contributed by atoms with van der Waals surface area (Å²) in [5, 5.41) is 1.42.